The minimum atomic E-state index is -0.196. The first-order valence-electron chi connectivity index (χ1n) is 7.85. The standard InChI is InChI=1S/C19H18N4O2/c1-20-18(24)15-7-9-17(10-8-15)22-19(25)16-5-3-14(4-6-16)13-23-12-2-11-21-23/h2-12H,13H2,1H3,(H,20,24)(H,22,25). The Morgan fingerprint density at radius 3 is 2.20 bits per heavy atom. The van der Waals surface area contributed by atoms with Gasteiger partial charge in [0.25, 0.3) is 11.8 Å². The Morgan fingerprint density at radius 1 is 0.960 bits per heavy atom. The zero-order valence-corrected chi connectivity index (χ0v) is 13.8. The van der Waals surface area contributed by atoms with E-state index in [9.17, 15) is 9.59 Å². The van der Waals surface area contributed by atoms with Crippen LogP contribution >= 0.6 is 0 Å². The molecule has 3 rings (SSSR count). The molecule has 0 aliphatic rings. The molecule has 0 unspecified atom stereocenters. The quantitative estimate of drug-likeness (QED) is 0.753. The number of nitrogens with one attached hydrogen (secondary N) is 2. The molecule has 25 heavy (non-hydrogen) atoms. The van der Waals surface area contributed by atoms with Crippen molar-refractivity contribution in [2.45, 2.75) is 6.54 Å². The predicted molar refractivity (Wildman–Crippen MR) is 95.6 cm³/mol. The van der Waals surface area contributed by atoms with Crippen molar-refractivity contribution in [3.05, 3.63) is 83.7 Å². The number of anilines is 1. The molecule has 1 aromatic heterocycles. The van der Waals surface area contributed by atoms with Crippen molar-refractivity contribution >= 4 is 17.5 Å². The van der Waals surface area contributed by atoms with Crippen LogP contribution in [0, 0.1) is 0 Å². The molecule has 0 saturated heterocycles. The average Bonchev–Trinajstić information content (AvgIpc) is 3.15. The molecule has 0 bridgehead atoms. The lowest BCUT2D eigenvalue weighted by Gasteiger charge is -2.07. The lowest BCUT2D eigenvalue weighted by molar-refractivity contribution is 0.0962. The molecule has 0 aliphatic heterocycles. The lowest BCUT2D eigenvalue weighted by Crippen LogP contribution is -2.17. The van der Waals surface area contributed by atoms with E-state index in [0.717, 1.165) is 5.56 Å². The molecule has 6 nitrogen and oxygen atoms in total. The molecule has 0 radical (unpaired) electrons. The molecule has 6 heteroatoms. The van der Waals surface area contributed by atoms with Gasteiger partial charge in [0.15, 0.2) is 0 Å². The summed E-state index contributed by atoms with van der Waals surface area (Å²) in [6.07, 6.45) is 3.63. The highest BCUT2D eigenvalue weighted by atomic mass is 16.2. The Bertz CT molecular complexity index is 853. The number of carbonyl (C=O) groups is 2. The van der Waals surface area contributed by atoms with Crippen LogP contribution in [0.5, 0.6) is 0 Å². The SMILES string of the molecule is CNC(=O)c1ccc(NC(=O)c2ccc(Cn3cccn3)cc2)cc1. The Kier molecular flexibility index (Phi) is 4.89. The average molecular weight is 334 g/mol. The second kappa shape index (κ2) is 7.44. The van der Waals surface area contributed by atoms with Crippen LogP contribution in [0.25, 0.3) is 0 Å². The minimum absolute atomic E-state index is 0.161. The second-order valence-corrected chi connectivity index (χ2v) is 5.51. The van der Waals surface area contributed by atoms with Crippen molar-refractivity contribution in [3.8, 4) is 0 Å². The smallest absolute Gasteiger partial charge is 0.255 e. The van der Waals surface area contributed by atoms with E-state index in [4.69, 9.17) is 0 Å². The summed E-state index contributed by atoms with van der Waals surface area (Å²) in [5.74, 6) is -0.357. The highest BCUT2D eigenvalue weighted by Gasteiger charge is 2.08. The summed E-state index contributed by atoms with van der Waals surface area (Å²) in [5, 5.41) is 9.53. The number of hydrogen-bond donors (Lipinski definition) is 2. The van der Waals surface area contributed by atoms with Crippen LogP contribution in [0.1, 0.15) is 26.3 Å². The zero-order valence-electron chi connectivity index (χ0n) is 13.8. The molecule has 3 aromatic rings. The monoisotopic (exact) mass is 334 g/mol. The number of carbonyl (C=O) groups excluding carboxylic acids is 2. The van der Waals surface area contributed by atoms with E-state index in [-0.39, 0.29) is 11.8 Å². The number of hydrogen-bond acceptors (Lipinski definition) is 3. The largest absolute Gasteiger partial charge is 0.355 e. The fourth-order valence-corrected chi connectivity index (χ4v) is 2.40. The van der Waals surface area contributed by atoms with Crippen molar-refractivity contribution in [2.75, 3.05) is 12.4 Å². The van der Waals surface area contributed by atoms with Gasteiger partial charge >= 0.3 is 0 Å². The summed E-state index contributed by atoms with van der Waals surface area (Å²) < 4.78 is 1.82. The molecule has 2 aromatic carbocycles. The van der Waals surface area contributed by atoms with Gasteiger partial charge in [-0.2, -0.15) is 5.10 Å². The summed E-state index contributed by atoms with van der Waals surface area (Å²) in [6, 6.07) is 16.0. The number of benzene rings is 2. The van der Waals surface area contributed by atoms with Crippen LogP contribution in [0.3, 0.4) is 0 Å². The van der Waals surface area contributed by atoms with E-state index in [2.05, 4.69) is 15.7 Å². The number of nitrogens with zero attached hydrogens (tertiary/aromatic N) is 2. The molecule has 126 valence electrons. The molecule has 0 fully saturated rings. The summed E-state index contributed by atoms with van der Waals surface area (Å²) in [4.78, 5) is 23.8. The molecule has 1 heterocycles. The third-order valence-corrected chi connectivity index (χ3v) is 3.75. The van der Waals surface area contributed by atoms with Gasteiger partial charge in [-0.1, -0.05) is 12.1 Å². The maximum Gasteiger partial charge on any atom is 0.255 e. The normalized spacial score (nSPS) is 10.3. The fraction of sp³-hybridized carbons (Fsp3) is 0.105. The fourth-order valence-electron chi connectivity index (χ4n) is 2.40. The predicted octanol–water partition coefficient (Wildman–Crippen LogP) is 2.54. The van der Waals surface area contributed by atoms with Crippen molar-refractivity contribution in [2.24, 2.45) is 0 Å². The van der Waals surface area contributed by atoms with Gasteiger partial charge in [-0.25, -0.2) is 0 Å². The summed E-state index contributed by atoms with van der Waals surface area (Å²) in [5.41, 5.74) is 2.82. The summed E-state index contributed by atoms with van der Waals surface area (Å²) in [6.45, 7) is 0.663. The number of aromatic nitrogens is 2. The van der Waals surface area contributed by atoms with Gasteiger partial charge in [0.1, 0.15) is 0 Å². The van der Waals surface area contributed by atoms with Crippen LogP contribution in [0.4, 0.5) is 5.69 Å². The highest BCUT2D eigenvalue weighted by Crippen LogP contribution is 2.12. The van der Waals surface area contributed by atoms with E-state index in [1.54, 1.807) is 49.6 Å². The molecular formula is C19H18N4O2. The zero-order chi connectivity index (χ0) is 17.6. The number of rotatable bonds is 5. The van der Waals surface area contributed by atoms with Crippen LogP contribution < -0.4 is 10.6 Å². The van der Waals surface area contributed by atoms with Crippen molar-refractivity contribution in [1.82, 2.24) is 15.1 Å². The van der Waals surface area contributed by atoms with Gasteiger partial charge in [-0.05, 0) is 48.0 Å². The van der Waals surface area contributed by atoms with Gasteiger partial charge in [0.2, 0.25) is 0 Å². The maximum absolute atomic E-state index is 12.3. The molecule has 0 aliphatic carbocycles. The van der Waals surface area contributed by atoms with Crippen LogP contribution in [-0.2, 0) is 6.54 Å². The highest BCUT2D eigenvalue weighted by molar-refractivity contribution is 6.04. The first-order chi connectivity index (χ1) is 12.2. The van der Waals surface area contributed by atoms with Crippen LogP contribution in [0.2, 0.25) is 0 Å². The Hall–Kier alpha value is -3.41. The van der Waals surface area contributed by atoms with Gasteiger partial charge < -0.3 is 10.6 Å². The van der Waals surface area contributed by atoms with Crippen LogP contribution in [-0.4, -0.2) is 28.6 Å². The Morgan fingerprint density at radius 2 is 1.60 bits per heavy atom. The Balaban J connectivity index is 1.63. The lowest BCUT2D eigenvalue weighted by atomic mass is 10.1. The molecule has 0 atom stereocenters. The van der Waals surface area contributed by atoms with E-state index in [1.165, 1.54) is 0 Å². The van der Waals surface area contributed by atoms with Gasteiger partial charge in [-0.15, -0.1) is 0 Å². The van der Waals surface area contributed by atoms with Crippen LogP contribution in [0.15, 0.2) is 67.0 Å². The molecule has 0 saturated carbocycles. The van der Waals surface area contributed by atoms with Gasteiger partial charge in [0.05, 0.1) is 6.54 Å². The van der Waals surface area contributed by atoms with E-state index >= 15 is 0 Å². The second-order valence-electron chi connectivity index (χ2n) is 5.51. The van der Waals surface area contributed by atoms with E-state index in [0.29, 0.717) is 23.4 Å². The molecule has 2 amide bonds. The van der Waals surface area contributed by atoms with Crippen molar-refractivity contribution in [3.63, 3.8) is 0 Å². The topological polar surface area (TPSA) is 76.0 Å². The molecule has 0 spiro atoms. The molecule has 2 N–H and O–H groups in total. The van der Waals surface area contributed by atoms with E-state index < -0.39 is 0 Å². The first kappa shape index (κ1) is 16.4. The number of amides is 2. The molecular weight excluding hydrogens is 316 g/mol. The van der Waals surface area contributed by atoms with Gasteiger partial charge in [0, 0.05) is 36.3 Å². The van der Waals surface area contributed by atoms with Crippen molar-refractivity contribution < 1.29 is 9.59 Å². The summed E-state index contributed by atoms with van der Waals surface area (Å²) >= 11 is 0. The van der Waals surface area contributed by atoms with Crippen molar-refractivity contribution in [1.29, 1.82) is 0 Å². The third-order valence-electron chi connectivity index (χ3n) is 3.75. The summed E-state index contributed by atoms with van der Waals surface area (Å²) in [7, 11) is 1.58. The maximum atomic E-state index is 12.3. The minimum Gasteiger partial charge on any atom is -0.355 e. The Labute approximate surface area is 145 Å². The first-order valence-corrected chi connectivity index (χ1v) is 7.85. The van der Waals surface area contributed by atoms with E-state index in [1.807, 2.05) is 29.1 Å². The van der Waals surface area contributed by atoms with Gasteiger partial charge in [-0.3, -0.25) is 14.3 Å². The third kappa shape index (κ3) is 4.11.